The second-order valence-electron chi connectivity index (χ2n) is 10.5. The van der Waals surface area contributed by atoms with Crippen LogP contribution in [-0.2, 0) is 23.2 Å². The van der Waals surface area contributed by atoms with Crippen molar-refractivity contribution in [1.29, 1.82) is 0 Å². The van der Waals surface area contributed by atoms with Crippen molar-refractivity contribution in [2.45, 2.75) is 43.0 Å². The van der Waals surface area contributed by atoms with Crippen LogP contribution in [0.15, 0.2) is 59.8 Å². The summed E-state index contributed by atoms with van der Waals surface area (Å²) in [5.41, 5.74) is 0.784. The standard InChI is InChI=1S/C26H18B6F3N7O/c1-13(2)19-16(4-3-9-36-19)20-37-10-17-22(39-20)40(23(43)42(17)26(30,31)32)11-14-5-7-15(8-6-14)21-38-18(24(33,34)35)12-41(21)25(27,28)29/h3-10,12-13H,11H2,1-2H3. The Balaban J connectivity index is 1.60. The zero-order chi connectivity index (χ0) is 31.5. The number of fused-ring (bicyclic) bond motifs is 1. The van der Waals surface area contributed by atoms with Crippen LogP contribution in [0.5, 0.6) is 0 Å². The quantitative estimate of drug-likeness (QED) is 0.281. The van der Waals surface area contributed by atoms with E-state index < -0.39 is 28.0 Å². The molecule has 0 spiro atoms. The number of nitrogens with zero attached hydrogens (tertiary/aromatic N) is 7. The zero-order valence-electron chi connectivity index (χ0n) is 23.1. The second-order valence-corrected chi connectivity index (χ2v) is 10.5. The highest BCUT2D eigenvalue weighted by Crippen LogP contribution is 2.33. The predicted molar refractivity (Wildman–Crippen MR) is 161 cm³/mol. The predicted octanol–water partition coefficient (Wildman–Crippen LogP) is 1.86. The summed E-state index contributed by atoms with van der Waals surface area (Å²) in [5, 5.41) is -4.22. The highest BCUT2D eigenvalue weighted by atomic mass is 19.4. The molecule has 0 fully saturated rings. The van der Waals surface area contributed by atoms with Gasteiger partial charge in [0.2, 0.25) is 0 Å². The summed E-state index contributed by atoms with van der Waals surface area (Å²) in [6.45, 7) is 3.93. The van der Waals surface area contributed by atoms with Gasteiger partial charge >= 0.3 is 11.9 Å². The van der Waals surface area contributed by atoms with E-state index in [1.54, 1.807) is 24.4 Å². The summed E-state index contributed by atoms with van der Waals surface area (Å²) in [4.78, 5) is 30.8. The van der Waals surface area contributed by atoms with E-state index in [2.05, 4.69) is 19.9 Å². The highest BCUT2D eigenvalue weighted by molar-refractivity contribution is 6.57. The molecule has 0 N–H and O–H groups in total. The molecule has 0 aliphatic heterocycles. The fourth-order valence-electron chi connectivity index (χ4n) is 4.71. The molecule has 0 unspecified atom stereocenters. The van der Waals surface area contributed by atoms with Gasteiger partial charge in [0.15, 0.2) is 17.2 Å². The molecule has 4 heterocycles. The largest absolute Gasteiger partial charge is 0.434 e. The molecule has 0 aliphatic carbocycles. The summed E-state index contributed by atoms with van der Waals surface area (Å²) in [5.74, 6) is 0.189. The lowest BCUT2D eigenvalue weighted by Gasteiger charge is -2.25. The minimum atomic E-state index is -4.75. The molecule has 0 bridgehead atoms. The first-order valence-corrected chi connectivity index (χ1v) is 12.9. The van der Waals surface area contributed by atoms with E-state index in [4.69, 9.17) is 47.1 Å². The van der Waals surface area contributed by atoms with Crippen LogP contribution in [-0.4, -0.2) is 80.7 Å². The monoisotopic (exact) mass is 567 g/mol. The molecule has 5 rings (SSSR count). The molecule has 0 saturated carbocycles. The number of hydrogen-bond acceptors (Lipinski definition) is 5. The lowest BCUT2D eigenvalue weighted by Crippen LogP contribution is -2.43. The molecule has 0 saturated heterocycles. The van der Waals surface area contributed by atoms with Crippen LogP contribution in [0.1, 0.15) is 36.7 Å². The van der Waals surface area contributed by atoms with Crippen LogP contribution in [0.25, 0.3) is 33.9 Å². The van der Waals surface area contributed by atoms with Gasteiger partial charge in [-0.2, -0.15) is 13.2 Å². The Morgan fingerprint density at radius 3 is 2.16 bits per heavy atom. The van der Waals surface area contributed by atoms with Crippen LogP contribution in [0, 0.1) is 0 Å². The van der Waals surface area contributed by atoms with Gasteiger partial charge in [-0.15, -0.1) is 0 Å². The van der Waals surface area contributed by atoms with Gasteiger partial charge < -0.3 is 9.13 Å². The van der Waals surface area contributed by atoms with E-state index in [1.807, 2.05) is 19.9 Å². The Morgan fingerprint density at radius 2 is 1.58 bits per heavy atom. The molecular formula is C26H18B6F3N7O. The summed E-state index contributed by atoms with van der Waals surface area (Å²) >= 11 is 0. The molecule has 0 aliphatic rings. The minimum Gasteiger partial charge on any atom is -0.350 e. The zero-order valence-corrected chi connectivity index (χ0v) is 23.1. The Hall–Kier alpha value is -3.89. The number of aromatic nitrogens is 7. The SMILES string of the molecule is [B]C([B])([B])n1cc(C(F)(F)F)nc1-c1ccc(Cn2c(=O)n(C([B])([B])[B])c3cnc(-c4cccnc4C(C)C)nc32)cc1. The molecule has 0 amide bonds. The Labute approximate surface area is 253 Å². The molecule has 4 aromatic heterocycles. The van der Waals surface area contributed by atoms with Gasteiger partial charge in [-0.05, 0) is 23.6 Å². The lowest BCUT2D eigenvalue weighted by atomic mass is 9.49. The van der Waals surface area contributed by atoms with Gasteiger partial charge in [0, 0.05) is 23.5 Å². The number of hydrogen-bond donors (Lipinski definition) is 0. The van der Waals surface area contributed by atoms with Crippen molar-refractivity contribution in [3.05, 3.63) is 82.4 Å². The fourth-order valence-corrected chi connectivity index (χ4v) is 4.71. The van der Waals surface area contributed by atoms with Gasteiger partial charge in [-0.25, -0.2) is 19.7 Å². The van der Waals surface area contributed by atoms with E-state index >= 15 is 0 Å². The Bertz CT molecular complexity index is 1870. The van der Waals surface area contributed by atoms with Gasteiger partial charge in [0.25, 0.3) is 0 Å². The third-order valence-corrected chi connectivity index (χ3v) is 6.65. The molecule has 1 aromatic carbocycles. The summed E-state index contributed by atoms with van der Waals surface area (Å²) < 4.78 is 43.2. The van der Waals surface area contributed by atoms with Crippen molar-refractivity contribution in [3.8, 4) is 22.8 Å². The molecule has 8 nitrogen and oxygen atoms in total. The number of imidazole rings is 2. The van der Waals surface area contributed by atoms with Crippen molar-refractivity contribution < 1.29 is 13.2 Å². The summed E-state index contributed by atoms with van der Waals surface area (Å²) in [6.07, 6.45) is -1.03. The number of benzene rings is 1. The van der Waals surface area contributed by atoms with Crippen molar-refractivity contribution in [3.63, 3.8) is 0 Å². The normalized spacial score (nSPS) is 12.8. The maximum absolute atomic E-state index is 13.5. The first-order valence-electron chi connectivity index (χ1n) is 12.9. The van der Waals surface area contributed by atoms with E-state index in [0.717, 1.165) is 14.8 Å². The fraction of sp³-hybridized carbons (Fsp3) is 0.269. The first kappa shape index (κ1) is 30.6. The number of pyridine rings is 1. The summed E-state index contributed by atoms with van der Waals surface area (Å²) in [7, 11) is 34.9. The molecule has 43 heavy (non-hydrogen) atoms. The van der Waals surface area contributed by atoms with Crippen molar-refractivity contribution in [2.75, 3.05) is 0 Å². The molecule has 0 atom stereocenters. The highest BCUT2D eigenvalue weighted by Gasteiger charge is 2.36. The van der Waals surface area contributed by atoms with Crippen LogP contribution >= 0.6 is 0 Å². The molecular weight excluding hydrogens is 548 g/mol. The summed E-state index contributed by atoms with van der Waals surface area (Å²) in [6, 6.07) is 9.74. The average molecular weight is 566 g/mol. The second kappa shape index (κ2) is 10.7. The Morgan fingerprint density at radius 1 is 0.907 bits per heavy atom. The molecule has 202 valence electrons. The number of alkyl halides is 3. The van der Waals surface area contributed by atoms with E-state index in [-0.39, 0.29) is 35.0 Å². The van der Waals surface area contributed by atoms with Gasteiger partial charge in [-0.3, -0.25) is 9.55 Å². The maximum atomic E-state index is 13.5. The van der Waals surface area contributed by atoms with Crippen LogP contribution in [0.3, 0.4) is 0 Å². The average Bonchev–Trinajstić information content (AvgIpc) is 3.49. The van der Waals surface area contributed by atoms with Crippen LogP contribution in [0.2, 0.25) is 0 Å². The van der Waals surface area contributed by atoms with E-state index in [0.29, 0.717) is 23.1 Å². The molecule has 12 radical (unpaired) electrons. The van der Waals surface area contributed by atoms with Crippen molar-refractivity contribution >= 4 is 58.2 Å². The van der Waals surface area contributed by atoms with Crippen LogP contribution < -0.4 is 5.69 Å². The molecule has 17 heteroatoms. The van der Waals surface area contributed by atoms with Crippen molar-refractivity contribution in [1.82, 2.24) is 33.6 Å². The number of halogens is 3. The lowest BCUT2D eigenvalue weighted by molar-refractivity contribution is -0.140. The first-order chi connectivity index (χ1) is 20.0. The third kappa shape index (κ3) is 5.86. The van der Waals surface area contributed by atoms with Gasteiger partial charge in [-0.1, -0.05) is 48.6 Å². The minimum absolute atomic E-state index is 0.0317. The topological polar surface area (TPSA) is 83.4 Å². The Kier molecular flexibility index (Phi) is 7.59. The van der Waals surface area contributed by atoms with E-state index in [9.17, 15) is 18.0 Å². The van der Waals surface area contributed by atoms with Gasteiger partial charge in [0.1, 0.15) is 11.3 Å². The maximum Gasteiger partial charge on any atom is 0.434 e. The van der Waals surface area contributed by atoms with E-state index in [1.165, 1.54) is 22.9 Å². The van der Waals surface area contributed by atoms with Gasteiger partial charge in [0.05, 0.1) is 65.5 Å². The smallest absolute Gasteiger partial charge is 0.350 e. The van der Waals surface area contributed by atoms with Crippen LogP contribution in [0.4, 0.5) is 13.2 Å². The number of rotatable bonds is 7. The third-order valence-electron chi connectivity index (χ3n) is 6.65. The molecule has 5 aromatic rings. The van der Waals surface area contributed by atoms with Crippen molar-refractivity contribution in [2.24, 2.45) is 0 Å².